The number of halogens is 3. The number of carbonyl (C=O) groups is 1. The highest BCUT2D eigenvalue weighted by molar-refractivity contribution is 5.92. The van der Waals surface area contributed by atoms with Gasteiger partial charge in [-0.05, 0) is 36.8 Å². The molecule has 1 aromatic carbocycles. The first-order valence-corrected chi connectivity index (χ1v) is 9.95. The molecule has 1 atom stereocenters. The molecule has 0 saturated carbocycles. The summed E-state index contributed by atoms with van der Waals surface area (Å²) in [5.74, 6) is -0.186. The van der Waals surface area contributed by atoms with Crippen LogP contribution >= 0.6 is 0 Å². The van der Waals surface area contributed by atoms with E-state index in [0.717, 1.165) is 23.9 Å². The number of pyridine rings is 1. The van der Waals surface area contributed by atoms with Crippen LogP contribution in [0.2, 0.25) is 0 Å². The minimum atomic E-state index is -4.46. The predicted molar refractivity (Wildman–Crippen MR) is 107 cm³/mol. The van der Waals surface area contributed by atoms with Crippen LogP contribution in [0.15, 0.2) is 54.7 Å². The number of ether oxygens (including phenoxy) is 1. The molecule has 4 rings (SSSR count). The second-order valence-corrected chi connectivity index (χ2v) is 7.36. The lowest BCUT2D eigenvalue weighted by atomic mass is 10.0. The standard InChI is InChI=1S/C22H21F3N4O2/c23-22(24,25)17-5-1-2-7-20(17)31-12-9-16-13-19(28-27-16)15-8-11-29(14-15)21(30)18-6-3-4-10-26-18/h1-7,10,13,15H,8-9,11-12,14H2,(H,27,28)/t15-/m0/s1. The molecule has 0 bridgehead atoms. The van der Waals surface area contributed by atoms with E-state index in [2.05, 4.69) is 15.2 Å². The molecule has 6 nitrogen and oxygen atoms in total. The fourth-order valence-electron chi connectivity index (χ4n) is 3.65. The third-order valence-electron chi connectivity index (χ3n) is 5.25. The Kier molecular flexibility index (Phi) is 5.92. The van der Waals surface area contributed by atoms with Crippen LogP contribution in [0.4, 0.5) is 13.2 Å². The Morgan fingerprint density at radius 3 is 2.77 bits per heavy atom. The smallest absolute Gasteiger partial charge is 0.419 e. The van der Waals surface area contributed by atoms with Crippen LogP contribution in [-0.2, 0) is 12.6 Å². The van der Waals surface area contributed by atoms with Gasteiger partial charge in [-0.3, -0.25) is 14.9 Å². The number of nitrogens with one attached hydrogen (secondary N) is 1. The molecule has 1 aliphatic heterocycles. The zero-order chi connectivity index (χ0) is 21.8. The second kappa shape index (κ2) is 8.79. The Labute approximate surface area is 177 Å². The first-order valence-electron chi connectivity index (χ1n) is 9.95. The molecule has 162 valence electrons. The molecule has 0 aliphatic carbocycles. The summed E-state index contributed by atoms with van der Waals surface area (Å²) in [7, 11) is 0. The van der Waals surface area contributed by atoms with Crippen LogP contribution in [0.25, 0.3) is 0 Å². The number of nitrogens with zero attached hydrogens (tertiary/aromatic N) is 3. The molecule has 1 amide bonds. The molecule has 0 radical (unpaired) electrons. The summed E-state index contributed by atoms with van der Waals surface area (Å²) in [5.41, 5.74) is 1.24. The zero-order valence-electron chi connectivity index (χ0n) is 16.6. The molecule has 3 aromatic rings. The maximum absolute atomic E-state index is 13.0. The lowest BCUT2D eigenvalue weighted by Crippen LogP contribution is -2.29. The molecular formula is C22H21F3N4O2. The summed E-state index contributed by atoms with van der Waals surface area (Å²) in [6, 6.07) is 12.3. The molecule has 31 heavy (non-hydrogen) atoms. The minimum Gasteiger partial charge on any atom is -0.493 e. The Hall–Kier alpha value is -3.36. The van der Waals surface area contributed by atoms with Crippen LogP contribution in [0, 0.1) is 0 Å². The minimum absolute atomic E-state index is 0.0870. The van der Waals surface area contributed by atoms with Crippen molar-refractivity contribution >= 4 is 5.91 Å². The highest BCUT2D eigenvalue weighted by Crippen LogP contribution is 2.36. The van der Waals surface area contributed by atoms with Crippen LogP contribution in [0.3, 0.4) is 0 Å². The van der Waals surface area contributed by atoms with E-state index in [0.29, 0.717) is 25.2 Å². The summed E-state index contributed by atoms with van der Waals surface area (Å²) in [6.45, 7) is 1.26. The van der Waals surface area contributed by atoms with Crippen molar-refractivity contribution in [2.45, 2.75) is 24.9 Å². The van der Waals surface area contributed by atoms with Crippen LogP contribution in [0.1, 0.15) is 39.8 Å². The zero-order valence-corrected chi connectivity index (χ0v) is 16.6. The first kappa shape index (κ1) is 20.9. The number of amides is 1. The monoisotopic (exact) mass is 430 g/mol. The largest absolute Gasteiger partial charge is 0.493 e. The SMILES string of the molecule is O=C(c1ccccn1)N1CC[C@H](c2cc(CCOc3ccccc3C(F)(F)F)[nH]n2)C1. The Morgan fingerprint density at radius 1 is 1.19 bits per heavy atom. The van der Waals surface area contributed by atoms with E-state index < -0.39 is 11.7 Å². The number of carbonyl (C=O) groups excluding carboxylic acids is 1. The summed E-state index contributed by atoms with van der Waals surface area (Å²) >= 11 is 0. The van der Waals surface area contributed by atoms with Gasteiger partial charge >= 0.3 is 6.18 Å². The fraction of sp³-hybridized carbons (Fsp3) is 0.318. The van der Waals surface area contributed by atoms with Gasteiger partial charge in [0.15, 0.2) is 0 Å². The number of hydrogen-bond donors (Lipinski definition) is 1. The molecule has 0 spiro atoms. The van der Waals surface area contributed by atoms with Crippen molar-refractivity contribution in [3.8, 4) is 5.75 Å². The number of hydrogen-bond acceptors (Lipinski definition) is 4. The van der Waals surface area contributed by atoms with E-state index in [1.54, 1.807) is 29.3 Å². The van der Waals surface area contributed by atoms with Crippen molar-refractivity contribution in [1.29, 1.82) is 0 Å². The molecule has 0 unspecified atom stereocenters. The maximum atomic E-state index is 13.0. The summed E-state index contributed by atoms with van der Waals surface area (Å²) in [4.78, 5) is 18.4. The van der Waals surface area contributed by atoms with E-state index in [-0.39, 0.29) is 24.2 Å². The highest BCUT2D eigenvalue weighted by atomic mass is 19.4. The first-order chi connectivity index (χ1) is 14.9. The van der Waals surface area contributed by atoms with E-state index in [1.807, 2.05) is 6.07 Å². The van der Waals surface area contributed by atoms with Crippen LogP contribution in [-0.4, -0.2) is 45.7 Å². The van der Waals surface area contributed by atoms with Crippen molar-refractivity contribution in [2.75, 3.05) is 19.7 Å². The van der Waals surface area contributed by atoms with Gasteiger partial charge in [0.25, 0.3) is 5.91 Å². The summed E-state index contributed by atoms with van der Waals surface area (Å²) in [5, 5.41) is 7.25. The number of benzene rings is 1. The lowest BCUT2D eigenvalue weighted by molar-refractivity contribution is -0.138. The van der Waals surface area contributed by atoms with Gasteiger partial charge in [-0.25, -0.2) is 0 Å². The van der Waals surface area contributed by atoms with E-state index in [1.165, 1.54) is 18.2 Å². The summed E-state index contributed by atoms with van der Waals surface area (Å²) < 4.78 is 44.5. The van der Waals surface area contributed by atoms with Gasteiger partial charge < -0.3 is 9.64 Å². The van der Waals surface area contributed by atoms with E-state index >= 15 is 0 Å². The van der Waals surface area contributed by atoms with Gasteiger partial charge in [0.05, 0.1) is 17.9 Å². The third kappa shape index (κ3) is 4.87. The topological polar surface area (TPSA) is 71.1 Å². The average molecular weight is 430 g/mol. The van der Waals surface area contributed by atoms with Crippen molar-refractivity contribution in [2.24, 2.45) is 0 Å². The molecule has 9 heteroatoms. The normalized spacial score (nSPS) is 16.5. The average Bonchev–Trinajstić information content (AvgIpc) is 3.43. The molecule has 2 aromatic heterocycles. The number of aromatic amines is 1. The van der Waals surface area contributed by atoms with Crippen LogP contribution in [0.5, 0.6) is 5.75 Å². The van der Waals surface area contributed by atoms with Gasteiger partial charge in [0.1, 0.15) is 11.4 Å². The van der Waals surface area contributed by atoms with Crippen molar-refractivity contribution in [3.63, 3.8) is 0 Å². The van der Waals surface area contributed by atoms with E-state index in [4.69, 9.17) is 4.74 Å². The Bertz CT molecular complexity index is 1040. The molecule has 1 N–H and O–H groups in total. The molecule has 1 saturated heterocycles. The van der Waals surface area contributed by atoms with Gasteiger partial charge in [-0.2, -0.15) is 18.3 Å². The van der Waals surface area contributed by atoms with Crippen molar-refractivity contribution < 1.29 is 22.7 Å². The Balaban J connectivity index is 1.32. The van der Waals surface area contributed by atoms with Crippen LogP contribution < -0.4 is 4.74 Å². The lowest BCUT2D eigenvalue weighted by Gasteiger charge is -2.15. The van der Waals surface area contributed by atoms with Gasteiger partial charge in [-0.1, -0.05) is 18.2 Å². The third-order valence-corrected chi connectivity index (χ3v) is 5.25. The van der Waals surface area contributed by atoms with E-state index in [9.17, 15) is 18.0 Å². The number of rotatable bonds is 6. The van der Waals surface area contributed by atoms with Gasteiger partial charge in [-0.15, -0.1) is 0 Å². The molecule has 3 heterocycles. The Morgan fingerprint density at radius 2 is 2.00 bits per heavy atom. The summed E-state index contributed by atoms with van der Waals surface area (Å²) in [6.07, 6.45) is -1.68. The predicted octanol–water partition coefficient (Wildman–Crippen LogP) is 4.07. The quantitative estimate of drug-likeness (QED) is 0.640. The number of alkyl halides is 3. The number of para-hydroxylation sites is 1. The number of H-pyrrole nitrogens is 1. The molecule has 1 aliphatic rings. The molecular weight excluding hydrogens is 409 g/mol. The highest BCUT2D eigenvalue weighted by Gasteiger charge is 2.34. The van der Waals surface area contributed by atoms with Gasteiger partial charge in [0, 0.05) is 37.3 Å². The maximum Gasteiger partial charge on any atom is 0.419 e. The number of likely N-dealkylation sites (tertiary alicyclic amines) is 1. The second-order valence-electron chi connectivity index (χ2n) is 7.36. The number of aromatic nitrogens is 3. The van der Waals surface area contributed by atoms with Gasteiger partial charge in [0.2, 0.25) is 0 Å². The molecule has 1 fully saturated rings. The van der Waals surface area contributed by atoms with Crippen molar-refractivity contribution in [3.05, 3.63) is 77.4 Å². The fourth-order valence-corrected chi connectivity index (χ4v) is 3.65. The van der Waals surface area contributed by atoms with Crippen molar-refractivity contribution in [1.82, 2.24) is 20.1 Å².